The number of rotatable bonds is 5. The van der Waals surface area contributed by atoms with Gasteiger partial charge in [0.25, 0.3) is 10.0 Å². The van der Waals surface area contributed by atoms with Gasteiger partial charge in [-0.25, -0.2) is 13.1 Å². The fraction of sp³-hybridized carbons (Fsp3) is 0.125. The minimum absolute atomic E-state index is 0. The topological polar surface area (TPSA) is 93.1 Å². The molecule has 0 unspecified atom stereocenters. The van der Waals surface area contributed by atoms with Gasteiger partial charge in [0, 0.05) is 17.9 Å². The minimum atomic E-state index is -4.72. The van der Waals surface area contributed by atoms with E-state index in [2.05, 4.69) is 5.10 Å². The van der Waals surface area contributed by atoms with Crippen LogP contribution in [0.3, 0.4) is 0 Å². The number of carbonyl (C=O) groups is 1. The SMILES string of the molecule is CC(=O)NNS(=O)(=O)c1ccc(-n2nc(C(F)(F)F)cc2-c2c(Cl)csc2Cl)cc1.[NaH]. The van der Waals surface area contributed by atoms with E-state index >= 15 is 0 Å². The van der Waals surface area contributed by atoms with Crippen LogP contribution in [0.25, 0.3) is 16.9 Å². The molecule has 2 heterocycles. The van der Waals surface area contributed by atoms with E-state index in [1.165, 1.54) is 17.5 Å². The van der Waals surface area contributed by atoms with Gasteiger partial charge in [-0.2, -0.15) is 18.3 Å². The fourth-order valence-corrected chi connectivity index (χ4v) is 4.71. The number of nitrogens with zero attached hydrogens (tertiary/aromatic N) is 2. The molecule has 3 rings (SSSR count). The van der Waals surface area contributed by atoms with Gasteiger partial charge >= 0.3 is 35.7 Å². The Morgan fingerprint density at radius 2 is 1.81 bits per heavy atom. The molecular weight excluding hydrogens is 511 g/mol. The van der Waals surface area contributed by atoms with E-state index in [9.17, 15) is 26.4 Å². The Balaban J connectivity index is 0.00000341. The van der Waals surface area contributed by atoms with Gasteiger partial charge in [0.1, 0.15) is 4.34 Å². The number of hydrogen-bond acceptors (Lipinski definition) is 5. The molecule has 0 aliphatic carbocycles. The molecule has 3 aromatic rings. The van der Waals surface area contributed by atoms with Crippen molar-refractivity contribution in [2.75, 3.05) is 0 Å². The molecule has 2 aromatic heterocycles. The summed E-state index contributed by atoms with van der Waals surface area (Å²) in [7, 11) is -4.07. The molecule has 7 nitrogen and oxygen atoms in total. The molecule has 0 radical (unpaired) electrons. The van der Waals surface area contributed by atoms with Crippen molar-refractivity contribution < 1.29 is 26.4 Å². The van der Waals surface area contributed by atoms with Gasteiger partial charge in [-0.15, -0.1) is 16.2 Å². The van der Waals surface area contributed by atoms with Crippen molar-refractivity contribution in [2.45, 2.75) is 18.0 Å². The molecule has 0 atom stereocenters. The van der Waals surface area contributed by atoms with Gasteiger partial charge in [-0.1, -0.05) is 23.2 Å². The molecule has 0 saturated carbocycles. The van der Waals surface area contributed by atoms with Gasteiger partial charge < -0.3 is 0 Å². The second-order valence-electron chi connectivity index (χ2n) is 5.84. The summed E-state index contributed by atoms with van der Waals surface area (Å²) >= 11 is 13.2. The van der Waals surface area contributed by atoms with Gasteiger partial charge in [-0.3, -0.25) is 10.2 Å². The Hall–Kier alpha value is -1.12. The molecular formula is C16H12Cl2F3N4NaO3S2. The quantitative estimate of drug-likeness (QED) is 0.395. The first-order chi connectivity index (χ1) is 13.9. The first-order valence-corrected chi connectivity index (χ1v) is 11.0. The molecule has 162 valence electrons. The van der Waals surface area contributed by atoms with Crippen molar-refractivity contribution in [3.8, 4) is 16.9 Å². The van der Waals surface area contributed by atoms with Crippen LogP contribution in [0.1, 0.15) is 12.6 Å². The molecule has 1 aromatic carbocycles. The first-order valence-electron chi connectivity index (χ1n) is 7.89. The van der Waals surface area contributed by atoms with Crippen LogP contribution >= 0.6 is 34.5 Å². The molecule has 0 bridgehead atoms. The Kier molecular flexibility index (Phi) is 8.26. The third-order valence-electron chi connectivity index (χ3n) is 3.71. The number of hydrogen-bond donors (Lipinski definition) is 2. The summed E-state index contributed by atoms with van der Waals surface area (Å²) < 4.78 is 65.2. The number of hydrazine groups is 1. The number of thiophene rings is 1. The zero-order valence-corrected chi connectivity index (χ0v) is 17.9. The molecule has 0 saturated heterocycles. The number of sulfonamides is 1. The molecule has 0 aliphatic rings. The van der Waals surface area contributed by atoms with Crippen LogP contribution in [0.5, 0.6) is 0 Å². The average molecular weight is 523 g/mol. The second-order valence-corrected chi connectivity index (χ2v) is 9.41. The monoisotopic (exact) mass is 522 g/mol. The van der Waals surface area contributed by atoms with Crippen LogP contribution in [0.2, 0.25) is 9.36 Å². The molecule has 0 fully saturated rings. The summed E-state index contributed by atoms with van der Waals surface area (Å²) in [6.07, 6.45) is -4.72. The Bertz CT molecular complexity index is 1190. The zero-order valence-electron chi connectivity index (χ0n) is 14.8. The van der Waals surface area contributed by atoms with Crippen molar-refractivity contribution in [1.82, 2.24) is 20.0 Å². The number of aromatic nitrogens is 2. The predicted octanol–water partition coefficient (Wildman–Crippen LogP) is 3.61. The van der Waals surface area contributed by atoms with Gasteiger partial charge in [0.15, 0.2) is 5.69 Å². The van der Waals surface area contributed by atoms with Crippen molar-refractivity contribution in [2.24, 2.45) is 0 Å². The third-order valence-corrected chi connectivity index (χ3v) is 6.62. The van der Waals surface area contributed by atoms with E-state index in [-0.39, 0.29) is 60.8 Å². The van der Waals surface area contributed by atoms with E-state index in [4.69, 9.17) is 23.2 Å². The summed E-state index contributed by atoms with van der Waals surface area (Å²) in [5.41, 5.74) is 1.08. The van der Waals surface area contributed by atoms with Gasteiger partial charge in [-0.05, 0) is 30.3 Å². The number of alkyl halides is 3. The Morgan fingerprint density at radius 3 is 2.29 bits per heavy atom. The fourth-order valence-electron chi connectivity index (χ4n) is 2.40. The van der Waals surface area contributed by atoms with Gasteiger partial charge in [0.05, 0.1) is 21.3 Å². The van der Waals surface area contributed by atoms with E-state index < -0.39 is 27.8 Å². The molecule has 31 heavy (non-hydrogen) atoms. The van der Waals surface area contributed by atoms with Crippen molar-refractivity contribution in [3.05, 3.63) is 50.8 Å². The van der Waals surface area contributed by atoms with Crippen LogP contribution < -0.4 is 10.3 Å². The maximum atomic E-state index is 13.2. The van der Waals surface area contributed by atoms with Crippen molar-refractivity contribution >= 4 is 80.0 Å². The third kappa shape index (κ3) is 5.82. The van der Waals surface area contributed by atoms with E-state index in [1.54, 1.807) is 0 Å². The molecule has 0 aliphatic heterocycles. The number of carbonyl (C=O) groups excluding carboxylic acids is 1. The van der Waals surface area contributed by atoms with Crippen LogP contribution in [0.15, 0.2) is 40.6 Å². The van der Waals surface area contributed by atoms with Crippen LogP contribution in [0.4, 0.5) is 13.2 Å². The van der Waals surface area contributed by atoms with Crippen LogP contribution in [-0.4, -0.2) is 53.7 Å². The predicted molar refractivity (Wildman–Crippen MR) is 113 cm³/mol. The van der Waals surface area contributed by atoms with Crippen molar-refractivity contribution in [3.63, 3.8) is 0 Å². The number of nitrogens with one attached hydrogen (secondary N) is 2. The first kappa shape index (κ1) is 26.1. The molecule has 0 spiro atoms. The van der Waals surface area contributed by atoms with E-state index in [0.29, 0.717) is 0 Å². The van der Waals surface area contributed by atoms with E-state index in [0.717, 1.165) is 41.1 Å². The second kappa shape index (κ2) is 9.79. The summed E-state index contributed by atoms with van der Waals surface area (Å²) in [5, 5.41) is 5.23. The normalized spacial score (nSPS) is 11.8. The average Bonchev–Trinajstić information content (AvgIpc) is 3.23. The zero-order chi connectivity index (χ0) is 22.3. The molecule has 2 N–H and O–H groups in total. The number of benzene rings is 1. The standard InChI is InChI=1S/C16H11Cl2F3N4O3S2.Na.H/c1-8(26)22-24-30(27,28)10-4-2-9(3-5-10)25-12(6-13(23-25)16(19,20)21)14-11(17)7-29-15(14)18;;/h2-7,24H,1H3,(H,22,26);;. The summed E-state index contributed by atoms with van der Waals surface area (Å²) in [6.45, 7) is 1.11. The molecule has 1 amide bonds. The van der Waals surface area contributed by atoms with Crippen molar-refractivity contribution in [1.29, 1.82) is 0 Å². The number of halogens is 5. The van der Waals surface area contributed by atoms with Gasteiger partial charge in [0.2, 0.25) is 5.91 Å². The summed E-state index contributed by atoms with van der Waals surface area (Å²) in [4.78, 5) is 12.5. The summed E-state index contributed by atoms with van der Waals surface area (Å²) in [6, 6.07) is 5.62. The Morgan fingerprint density at radius 1 is 1.19 bits per heavy atom. The van der Waals surface area contributed by atoms with E-state index in [1.807, 2.05) is 10.3 Å². The van der Waals surface area contributed by atoms with Crippen LogP contribution in [-0.2, 0) is 21.0 Å². The number of amides is 1. The van der Waals surface area contributed by atoms with Crippen LogP contribution in [0, 0.1) is 0 Å². The molecule has 15 heteroatoms. The maximum absolute atomic E-state index is 13.2. The Labute approximate surface area is 210 Å². The summed E-state index contributed by atoms with van der Waals surface area (Å²) in [5.74, 6) is -0.624.